The largest absolute Gasteiger partial charge is 0.483 e. The lowest BCUT2D eigenvalue weighted by atomic mass is 10.1. The second-order valence-electron chi connectivity index (χ2n) is 5.18. The maximum Gasteiger partial charge on any atom is 0.257 e. The van der Waals surface area contributed by atoms with E-state index in [2.05, 4.69) is 35.1 Å². The van der Waals surface area contributed by atoms with E-state index in [1.165, 1.54) is 0 Å². The zero-order valence-corrected chi connectivity index (χ0v) is 13.7. The smallest absolute Gasteiger partial charge is 0.257 e. The molecule has 112 valence electrons. The number of amides is 1. The minimum absolute atomic E-state index is 0.0474. The van der Waals surface area contributed by atoms with Crippen molar-refractivity contribution in [2.75, 3.05) is 13.2 Å². The van der Waals surface area contributed by atoms with Gasteiger partial charge in [-0.25, -0.2) is 0 Å². The molecule has 1 aromatic carbocycles. The fraction of sp³-hybridized carbons (Fsp3) is 0.533. The summed E-state index contributed by atoms with van der Waals surface area (Å²) in [4.78, 5) is 11.7. The number of carbonyl (C=O) groups excluding carboxylic acids is 1. The minimum Gasteiger partial charge on any atom is -0.483 e. The van der Waals surface area contributed by atoms with Gasteiger partial charge in [0.2, 0.25) is 0 Å². The molecular formula is C15H22BrNO3. The summed E-state index contributed by atoms with van der Waals surface area (Å²) in [6.45, 7) is 6.49. The quantitative estimate of drug-likeness (QED) is 0.799. The SMILES string of the molecule is CC(C)CCNC(=O)COc1cc(Br)ccc1[C@@H](C)O. The minimum atomic E-state index is -0.637. The lowest BCUT2D eigenvalue weighted by Crippen LogP contribution is -2.30. The van der Waals surface area contributed by atoms with Crippen LogP contribution in [0.2, 0.25) is 0 Å². The molecular weight excluding hydrogens is 322 g/mol. The zero-order chi connectivity index (χ0) is 15.1. The molecule has 0 aliphatic rings. The van der Waals surface area contributed by atoms with Crippen LogP contribution in [0.15, 0.2) is 22.7 Å². The highest BCUT2D eigenvalue weighted by molar-refractivity contribution is 9.10. The van der Waals surface area contributed by atoms with Gasteiger partial charge in [-0.05, 0) is 31.4 Å². The van der Waals surface area contributed by atoms with Crippen LogP contribution >= 0.6 is 15.9 Å². The molecule has 0 aliphatic heterocycles. The Morgan fingerprint density at radius 3 is 2.70 bits per heavy atom. The van der Waals surface area contributed by atoms with Crippen LogP contribution in [0.5, 0.6) is 5.75 Å². The summed E-state index contributed by atoms with van der Waals surface area (Å²) in [5.74, 6) is 0.929. The Hall–Kier alpha value is -1.07. The number of aliphatic hydroxyl groups is 1. The van der Waals surface area contributed by atoms with E-state index in [1.807, 2.05) is 6.07 Å². The number of benzene rings is 1. The monoisotopic (exact) mass is 343 g/mol. The van der Waals surface area contributed by atoms with Gasteiger partial charge in [-0.15, -0.1) is 0 Å². The van der Waals surface area contributed by atoms with Gasteiger partial charge in [0.25, 0.3) is 5.91 Å². The molecule has 0 spiro atoms. The summed E-state index contributed by atoms with van der Waals surface area (Å²) >= 11 is 3.35. The third kappa shape index (κ3) is 5.92. The highest BCUT2D eigenvalue weighted by atomic mass is 79.9. The second kappa shape index (κ2) is 8.27. The number of aliphatic hydroxyl groups excluding tert-OH is 1. The number of rotatable bonds is 7. The van der Waals surface area contributed by atoms with Gasteiger partial charge in [0.05, 0.1) is 6.10 Å². The molecule has 4 nitrogen and oxygen atoms in total. The van der Waals surface area contributed by atoms with E-state index in [9.17, 15) is 9.90 Å². The molecule has 0 saturated carbocycles. The van der Waals surface area contributed by atoms with Crippen molar-refractivity contribution in [1.82, 2.24) is 5.32 Å². The number of nitrogens with one attached hydrogen (secondary N) is 1. The highest BCUT2D eigenvalue weighted by Crippen LogP contribution is 2.28. The first-order valence-electron chi connectivity index (χ1n) is 6.77. The van der Waals surface area contributed by atoms with Gasteiger partial charge in [0, 0.05) is 16.6 Å². The van der Waals surface area contributed by atoms with E-state index >= 15 is 0 Å². The van der Waals surface area contributed by atoms with Gasteiger partial charge < -0.3 is 15.2 Å². The maximum atomic E-state index is 11.7. The molecule has 1 rings (SSSR count). The molecule has 0 aromatic heterocycles. The summed E-state index contributed by atoms with van der Waals surface area (Å²) in [6, 6.07) is 5.36. The molecule has 0 unspecified atom stereocenters. The van der Waals surface area contributed by atoms with Crippen LogP contribution in [-0.2, 0) is 4.79 Å². The normalized spacial score (nSPS) is 12.3. The molecule has 0 fully saturated rings. The highest BCUT2D eigenvalue weighted by Gasteiger charge is 2.11. The van der Waals surface area contributed by atoms with Crippen LogP contribution in [0.3, 0.4) is 0 Å². The lowest BCUT2D eigenvalue weighted by Gasteiger charge is -2.14. The first-order chi connectivity index (χ1) is 9.40. The number of hydrogen-bond acceptors (Lipinski definition) is 3. The van der Waals surface area contributed by atoms with Crippen molar-refractivity contribution in [2.24, 2.45) is 5.92 Å². The predicted octanol–water partition coefficient (Wildman–Crippen LogP) is 3.04. The van der Waals surface area contributed by atoms with Gasteiger partial charge in [0.15, 0.2) is 6.61 Å². The van der Waals surface area contributed by atoms with Crippen molar-refractivity contribution in [1.29, 1.82) is 0 Å². The fourth-order valence-corrected chi connectivity index (χ4v) is 2.01. The Morgan fingerprint density at radius 2 is 2.10 bits per heavy atom. The van der Waals surface area contributed by atoms with Crippen molar-refractivity contribution in [3.63, 3.8) is 0 Å². The van der Waals surface area contributed by atoms with Gasteiger partial charge in [-0.3, -0.25) is 4.79 Å². The van der Waals surface area contributed by atoms with Crippen molar-refractivity contribution in [3.8, 4) is 5.75 Å². The molecule has 20 heavy (non-hydrogen) atoms. The molecule has 0 heterocycles. The van der Waals surface area contributed by atoms with Crippen LogP contribution in [0, 0.1) is 5.92 Å². The van der Waals surface area contributed by atoms with Crippen molar-refractivity contribution in [3.05, 3.63) is 28.2 Å². The second-order valence-corrected chi connectivity index (χ2v) is 6.09. The summed E-state index contributed by atoms with van der Waals surface area (Å²) in [6.07, 6.45) is 0.309. The van der Waals surface area contributed by atoms with Crippen molar-refractivity contribution in [2.45, 2.75) is 33.3 Å². The van der Waals surface area contributed by atoms with Crippen LogP contribution in [-0.4, -0.2) is 24.2 Å². The first kappa shape index (κ1) is 17.0. The molecule has 0 saturated heterocycles. The third-order valence-electron chi connectivity index (χ3n) is 2.83. The Balaban J connectivity index is 2.52. The van der Waals surface area contributed by atoms with Gasteiger partial charge in [-0.2, -0.15) is 0 Å². The van der Waals surface area contributed by atoms with E-state index in [-0.39, 0.29) is 12.5 Å². The molecule has 1 amide bonds. The molecule has 0 aliphatic carbocycles. The van der Waals surface area contributed by atoms with E-state index in [1.54, 1.807) is 19.1 Å². The first-order valence-corrected chi connectivity index (χ1v) is 7.56. The Morgan fingerprint density at radius 1 is 1.40 bits per heavy atom. The van der Waals surface area contributed by atoms with Crippen LogP contribution < -0.4 is 10.1 Å². The molecule has 2 N–H and O–H groups in total. The van der Waals surface area contributed by atoms with E-state index in [0.717, 1.165) is 10.9 Å². The van der Waals surface area contributed by atoms with E-state index in [4.69, 9.17) is 4.74 Å². The van der Waals surface area contributed by atoms with Gasteiger partial charge in [0.1, 0.15) is 5.75 Å². The van der Waals surface area contributed by atoms with Gasteiger partial charge >= 0.3 is 0 Å². The number of carbonyl (C=O) groups is 1. The van der Waals surface area contributed by atoms with E-state index < -0.39 is 6.10 Å². The molecule has 0 bridgehead atoms. The van der Waals surface area contributed by atoms with Crippen LogP contribution in [0.1, 0.15) is 38.9 Å². The third-order valence-corrected chi connectivity index (χ3v) is 3.32. The van der Waals surface area contributed by atoms with Crippen molar-refractivity contribution >= 4 is 21.8 Å². The molecule has 5 heteroatoms. The molecule has 1 atom stereocenters. The number of ether oxygens (including phenoxy) is 1. The lowest BCUT2D eigenvalue weighted by molar-refractivity contribution is -0.123. The topological polar surface area (TPSA) is 58.6 Å². The van der Waals surface area contributed by atoms with Crippen LogP contribution in [0.25, 0.3) is 0 Å². The Kier molecular flexibility index (Phi) is 7.02. The maximum absolute atomic E-state index is 11.7. The van der Waals surface area contributed by atoms with E-state index in [0.29, 0.717) is 23.8 Å². The molecule has 0 radical (unpaired) electrons. The molecule has 1 aromatic rings. The summed E-state index contributed by atoms with van der Waals surface area (Å²) < 4.78 is 6.34. The standard InChI is InChI=1S/C15H22BrNO3/c1-10(2)6-7-17-15(19)9-20-14-8-12(16)4-5-13(14)11(3)18/h4-5,8,10-11,18H,6-7,9H2,1-3H3,(H,17,19)/t11-/m1/s1. The summed E-state index contributed by atoms with van der Waals surface area (Å²) in [5.41, 5.74) is 0.670. The number of halogens is 1. The number of hydrogen-bond donors (Lipinski definition) is 2. The Labute approximate surface area is 128 Å². The van der Waals surface area contributed by atoms with Crippen LogP contribution in [0.4, 0.5) is 0 Å². The summed E-state index contributed by atoms with van der Waals surface area (Å²) in [7, 11) is 0. The zero-order valence-electron chi connectivity index (χ0n) is 12.1. The summed E-state index contributed by atoms with van der Waals surface area (Å²) in [5, 5.41) is 12.5. The fourth-order valence-electron chi connectivity index (χ4n) is 1.67. The average Bonchev–Trinajstić information content (AvgIpc) is 2.35. The Bertz CT molecular complexity index is 447. The average molecular weight is 344 g/mol. The predicted molar refractivity (Wildman–Crippen MR) is 82.7 cm³/mol. The van der Waals surface area contributed by atoms with Crippen molar-refractivity contribution < 1.29 is 14.6 Å². The van der Waals surface area contributed by atoms with Gasteiger partial charge in [-0.1, -0.05) is 35.8 Å².